The fourth-order valence-electron chi connectivity index (χ4n) is 5.10. The molecule has 2 N–H and O–H groups in total. The van der Waals surface area contributed by atoms with Crippen LogP contribution in [0.5, 0.6) is 5.75 Å². The van der Waals surface area contributed by atoms with Gasteiger partial charge in [-0.25, -0.2) is 4.79 Å². The molecule has 2 aromatic carbocycles. The predicted molar refractivity (Wildman–Crippen MR) is 123 cm³/mol. The number of benzene rings is 2. The van der Waals surface area contributed by atoms with Crippen LogP contribution >= 0.6 is 0 Å². The Kier molecular flexibility index (Phi) is 4.51. The first-order valence-corrected chi connectivity index (χ1v) is 11.5. The Hall–Kier alpha value is -4.21. The van der Waals surface area contributed by atoms with Gasteiger partial charge in [-0.2, -0.15) is 0 Å². The molecule has 5 amide bonds. The fraction of sp³-hybridized carbons (Fsp3) is 0.320. The summed E-state index contributed by atoms with van der Waals surface area (Å²) in [7, 11) is 1.58. The van der Waals surface area contributed by atoms with Crippen LogP contribution in [0, 0.1) is 0 Å². The quantitative estimate of drug-likeness (QED) is 0.656. The number of carbonyl (C=O) groups excluding carboxylic acids is 5. The molecule has 1 aliphatic carbocycles. The third-order valence-electron chi connectivity index (χ3n) is 7.32. The van der Waals surface area contributed by atoms with Crippen molar-refractivity contribution in [3.8, 4) is 5.75 Å². The molecule has 0 aromatic heterocycles. The molecule has 10 heteroatoms. The van der Waals surface area contributed by atoms with E-state index in [9.17, 15) is 24.0 Å². The lowest BCUT2D eigenvalue weighted by Gasteiger charge is -2.29. The zero-order valence-electron chi connectivity index (χ0n) is 18.9. The van der Waals surface area contributed by atoms with Crippen molar-refractivity contribution in [3.63, 3.8) is 0 Å². The van der Waals surface area contributed by atoms with Gasteiger partial charge in [0.05, 0.1) is 5.41 Å². The number of hydrogen-bond acceptors (Lipinski definition) is 6. The average Bonchev–Trinajstić information content (AvgIpc) is 3.52. The lowest BCUT2D eigenvalue weighted by atomic mass is 9.97. The van der Waals surface area contributed by atoms with Crippen LogP contribution in [-0.2, 0) is 26.3 Å². The van der Waals surface area contributed by atoms with Gasteiger partial charge in [0.2, 0.25) is 17.7 Å². The Labute approximate surface area is 200 Å². The van der Waals surface area contributed by atoms with Crippen LogP contribution in [0.15, 0.2) is 36.4 Å². The molecule has 1 spiro atoms. The van der Waals surface area contributed by atoms with Gasteiger partial charge in [0, 0.05) is 37.0 Å². The van der Waals surface area contributed by atoms with Gasteiger partial charge in [-0.1, -0.05) is 6.07 Å². The summed E-state index contributed by atoms with van der Waals surface area (Å²) in [6.07, 6.45) is 1.41. The van der Waals surface area contributed by atoms with Crippen LogP contribution in [0.1, 0.15) is 47.2 Å². The Morgan fingerprint density at radius 3 is 2.63 bits per heavy atom. The minimum absolute atomic E-state index is 0.00374. The highest BCUT2D eigenvalue weighted by atomic mass is 16.6. The lowest BCUT2D eigenvalue weighted by molar-refractivity contribution is -0.137. The number of imide groups is 1. The number of carbonyl (C=O) groups is 5. The van der Waals surface area contributed by atoms with Gasteiger partial charge >= 0.3 is 6.09 Å². The predicted octanol–water partition coefficient (Wildman–Crippen LogP) is 2.07. The summed E-state index contributed by atoms with van der Waals surface area (Å²) in [6, 6.07) is 9.47. The first-order valence-electron chi connectivity index (χ1n) is 11.5. The van der Waals surface area contributed by atoms with Crippen molar-refractivity contribution in [3.05, 3.63) is 53.1 Å². The van der Waals surface area contributed by atoms with E-state index in [0.29, 0.717) is 11.3 Å². The van der Waals surface area contributed by atoms with Crippen molar-refractivity contribution >= 4 is 41.1 Å². The molecule has 35 heavy (non-hydrogen) atoms. The molecule has 0 radical (unpaired) electrons. The fourth-order valence-corrected chi connectivity index (χ4v) is 5.10. The molecule has 3 heterocycles. The Morgan fingerprint density at radius 2 is 1.89 bits per heavy atom. The molecule has 4 aliphatic rings. The minimum Gasteiger partial charge on any atom is -0.410 e. The topological polar surface area (TPSA) is 125 Å². The molecule has 1 saturated carbocycles. The number of nitrogens with one attached hydrogen (secondary N) is 2. The molecular formula is C25H22N4O6. The van der Waals surface area contributed by atoms with Crippen LogP contribution in [0.2, 0.25) is 0 Å². The molecular weight excluding hydrogens is 452 g/mol. The largest absolute Gasteiger partial charge is 0.419 e. The van der Waals surface area contributed by atoms with Gasteiger partial charge in [-0.15, -0.1) is 0 Å². The number of anilines is 2. The highest BCUT2D eigenvalue weighted by Crippen LogP contribution is 2.55. The minimum atomic E-state index is -0.708. The van der Waals surface area contributed by atoms with Crippen molar-refractivity contribution in [1.29, 1.82) is 0 Å². The summed E-state index contributed by atoms with van der Waals surface area (Å²) in [4.78, 5) is 64.6. The summed E-state index contributed by atoms with van der Waals surface area (Å²) < 4.78 is 5.54. The zero-order valence-corrected chi connectivity index (χ0v) is 18.9. The zero-order chi connectivity index (χ0) is 24.5. The van der Waals surface area contributed by atoms with Crippen molar-refractivity contribution < 1.29 is 28.7 Å². The highest BCUT2D eigenvalue weighted by Gasteiger charge is 2.56. The molecule has 1 unspecified atom stereocenters. The Balaban J connectivity index is 1.17. The van der Waals surface area contributed by atoms with E-state index in [-0.39, 0.29) is 42.9 Å². The van der Waals surface area contributed by atoms with Crippen LogP contribution in [0.3, 0.4) is 0 Å². The molecule has 3 aliphatic heterocycles. The van der Waals surface area contributed by atoms with Gasteiger partial charge in [-0.05, 0) is 60.7 Å². The summed E-state index contributed by atoms with van der Waals surface area (Å²) in [6.45, 7) is 0.248. The average molecular weight is 474 g/mol. The van der Waals surface area contributed by atoms with Crippen LogP contribution in [0.4, 0.5) is 16.2 Å². The van der Waals surface area contributed by atoms with Gasteiger partial charge in [0.25, 0.3) is 5.91 Å². The highest BCUT2D eigenvalue weighted by molar-refractivity contribution is 6.09. The maximum Gasteiger partial charge on any atom is 0.419 e. The van der Waals surface area contributed by atoms with Crippen LogP contribution < -0.4 is 20.3 Å². The number of fused-ring (bicyclic) bond motifs is 3. The van der Waals surface area contributed by atoms with Crippen LogP contribution in [0.25, 0.3) is 0 Å². The van der Waals surface area contributed by atoms with Gasteiger partial charge in [-0.3, -0.25) is 29.4 Å². The standard InChI is InChI=1S/C25H22N4O6/c1-28(14-3-5-18-17(10-14)25(8-9-25)23(33)26-18)24(34)35-15-4-2-13-12-29(22(32)16(13)11-15)19-6-7-20(30)27-21(19)31/h2-5,10-11,19H,6-9,12H2,1H3,(H,26,33)(H,27,30,31). The summed E-state index contributed by atoms with van der Waals surface area (Å²) in [5, 5.41) is 5.17. The number of rotatable bonds is 3. The normalized spacial score (nSPS) is 21.4. The van der Waals surface area contributed by atoms with E-state index in [1.807, 2.05) is 6.07 Å². The third-order valence-corrected chi connectivity index (χ3v) is 7.32. The SMILES string of the molecule is CN(C(=O)Oc1ccc2c(c1)C(=O)N(C1CCC(=O)NC1=O)C2)c1ccc2c(c1)C1(CC1)C(=O)N2. The van der Waals surface area contributed by atoms with E-state index in [1.54, 1.807) is 31.3 Å². The van der Waals surface area contributed by atoms with E-state index in [4.69, 9.17) is 4.74 Å². The summed E-state index contributed by atoms with van der Waals surface area (Å²) in [5.74, 6) is -0.951. The molecule has 0 bridgehead atoms. The van der Waals surface area contributed by atoms with Crippen molar-refractivity contribution in [2.24, 2.45) is 0 Å². The van der Waals surface area contributed by atoms with E-state index < -0.39 is 23.5 Å². The van der Waals surface area contributed by atoms with Crippen LogP contribution in [-0.4, -0.2) is 47.7 Å². The molecule has 2 fully saturated rings. The van der Waals surface area contributed by atoms with Crippen molar-refractivity contribution in [2.45, 2.75) is 43.7 Å². The molecule has 178 valence electrons. The van der Waals surface area contributed by atoms with Gasteiger partial charge < -0.3 is 15.0 Å². The van der Waals surface area contributed by atoms with E-state index in [1.165, 1.54) is 15.9 Å². The number of ether oxygens (including phenoxy) is 1. The number of nitrogens with zero attached hydrogens (tertiary/aromatic N) is 2. The summed E-state index contributed by atoms with van der Waals surface area (Å²) in [5.41, 5.74) is 2.88. The number of hydrogen-bond donors (Lipinski definition) is 2. The van der Waals surface area contributed by atoms with Crippen molar-refractivity contribution in [2.75, 3.05) is 17.3 Å². The Morgan fingerprint density at radius 1 is 1.09 bits per heavy atom. The first kappa shape index (κ1) is 21.3. The van der Waals surface area contributed by atoms with E-state index >= 15 is 0 Å². The van der Waals surface area contributed by atoms with E-state index in [0.717, 1.165) is 29.7 Å². The number of amides is 5. The third kappa shape index (κ3) is 3.28. The monoisotopic (exact) mass is 474 g/mol. The Bertz CT molecular complexity index is 1350. The van der Waals surface area contributed by atoms with E-state index in [2.05, 4.69) is 10.6 Å². The second-order valence-electron chi connectivity index (χ2n) is 9.41. The maximum absolute atomic E-state index is 13.0. The summed E-state index contributed by atoms with van der Waals surface area (Å²) >= 11 is 0. The maximum atomic E-state index is 13.0. The van der Waals surface area contributed by atoms with Crippen molar-refractivity contribution in [1.82, 2.24) is 10.2 Å². The first-order chi connectivity index (χ1) is 16.8. The van der Waals surface area contributed by atoms with Gasteiger partial charge in [0.1, 0.15) is 11.8 Å². The molecule has 6 rings (SSSR count). The molecule has 1 atom stereocenters. The molecule has 1 saturated heterocycles. The van der Waals surface area contributed by atoms with Gasteiger partial charge in [0.15, 0.2) is 0 Å². The second-order valence-corrected chi connectivity index (χ2v) is 9.41. The second kappa shape index (κ2) is 7.39. The molecule has 10 nitrogen and oxygen atoms in total. The smallest absolute Gasteiger partial charge is 0.410 e. The lowest BCUT2D eigenvalue weighted by Crippen LogP contribution is -2.52. The number of piperidine rings is 1. The molecule has 2 aromatic rings.